The van der Waals surface area contributed by atoms with Crippen molar-refractivity contribution < 1.29 is 14.8 Å². The summed E-state index contributed by atoms with van der Waals surface area (Å²) in [7, 11) is 0. The largest absolute Gasteiger partial charge is 0.508 e. The number of nitro benzene ring substituents is 1. The van der Waals surface area contributed by atoms with Crippen LogP contribution in [0.3, 0.4) is 0 Å². The van der Waals surface area contributed by atoms with Gasteiger partial charge >= 0.3 is 6.03 Å². The lowest BCUT2D eigenvalue weighted by Gasteiger charge is -2.15. The zero-order valence-corrected chi connectivity index (χ0v) is 15.1. The first kappa shape index (κ1) is 20.0. The number of rotatable bonds is 9. The first-order valence-corrected chi connectivity index (χ1v) is 8.74. The predicted molar refractivity (Wildman–Crippen MR) is 104 cm³/mol. The number of hydrogen-bond donors (Lipinski definition) is 4. The number of nitro groups is 1. The highest BCUT2D eigenvalue weighted by molar-refractivity contribution is 5.74. The van der Waals surface area contributed by atoms with E-state index in [0.29, 0.717) is 13.1 Å². The van der Waals surface area contributed by atoms with Crippen molar-refractivity contribution >= 4 is 17.4 Å². The van der Waals surface area contributed by atoms with Crippen LogP contribution >= 0.6 is 0 Å². The van der Waals surface area contributed by atoms with Gasteiger partial charge in [0.1, 0.15) is 5.75 Å². The average Bonchev–Trinajstić information content (AvgIpc) is 2.65. The van der Waals surface area contributed by atoms with Gasteiger partial charge in [-0.2, -0.15) is 0 Å². The van der Waals surface area contributed by atoms with Crippen molar-refractivity contribution in [3.05, 3.63) is 64.2 Å². The fourth-order valence-corrected chi connectivity index (χ4v) is 2.48. The highest BCUT2D eigenvalue weighted by atomic mass is 16.6. The van der Waals surface area contributed by atoms with Gasteiger partial charge in [0, 0.05) is 37.0 Å². The van der Waals surface area contributed by atoms with Crippen molar-refractivity contribution in [3.63, 3.8) is 0 Å². The first-order valence-electron chi connectivity index (χ1n) is 8.74. The molecule has 0 aliphatic heterocycles. The molecule has 4 N–H and O–H groups in total. The fourth-order valence-electron chi connectivity index (χ4n) is 2.48. The van der Waals surface area contributed by atoms with Crippen molar-refractivity contribution in [2.24, 2.45) is 0 Å². The van der Waals surface area contributed by atoms with E-state index < -0.39 is 4.92 Å². The molecule has 0 aliphatic carbocycles. The monoisotopic (exact) mass is 372 g/mol. The Hall–Kier alpha value is -3.29. The van der Waals surface area contributed by atoms with Crippen LogP contribution in [-0.2, 0) is 6.42 Å². The highest BCUT2D eigenvalue weighted by Gasteiger charge is 2.07. The molecule has 1 unspecified atom stereocenters. The molecule has 2 amide bonds. The number of phenols is 1. The number of urea groups is 1. The third-order valence-corrected chi connectivity index (χ3v) is 4.00. The summed E-state index contributed by atoms with van der Waals surface area (Å²) in [5.74, 6) is 0.242. The Balaban J connectivity index is 1.61. The Kier molecular flexibility index (Phi) is 7.42. The number of benzene rings is 2. The molecule has 1 atom stereocenters. The number of aryl methyl sites for hydroxylation is 1. The van der Waals surface area contributed by atoms with Gasteiger partial charge in [0.2, 0.25) is 0 Å². The molecule has 0 fully saturated rings. The number of nitrogens with zero attached hydrogens (tertiary/aromatic N) is 1. The third kappa shape index (κ3) is 7.23. The van der Waals surface area contributed by atoms with E-state index in [0.717, 1.165) is 24.1 Å². The van der Waals surface area contributed by atoms with E-state index >= 15 is 0 Å². The van der Waals surface area contributed by atoms with Crippen LogP contribution in [0.1, 0.15) is 18.9 Å². The Labute approximate surface area is 157 Å². The van der Waals surface area contributed by atoms with Gasteiger partial charge in [0.15, 0.2) is 0 Å². The minimum atomic E-state index is -0.446. The molecule has 8 nitrogen and oxygen atoms in total. The van der Waals surface area contributed by atoms with Crippen LogP contribution in [-0.4, -0.2) is 35.2 Å². The van der Waals surface area contributed by atoms with Crippen molar-refractivity contribution in [1.82, 2.24) is 10.6 Å². The Morgan fingerprint density at radius 1 is 1.11 bits per heavy atom. The van der Waals surface area contributed by atoms with Gasteiger partial charge < -0.3 is 21.1 Å². The van der Waals surface area contributed by atoms with Crippen molar-refractivity contribution in [1.29, 1.82) is 0 Å². The SMILES string of the molecule is CC(CCc1ccc(O)cc1)NC(=O)NCCNc1ccc([N+](=O)[O-])cc1. The molecule has 0 spiro atoms. The molecule has 0 radical (unpaired) electrons. The van der Waals surface area contributed by atoms with Crippen molar-refractivity contribution in [2.45, 2.75) is 25.8 Å². The van der Waals surface area contributed by atoms with Crippen LogP contribution in [0.4, 0.5) is 16.2 Å². The standard InChI is InChI=1S/C19H24N4O4/c1-14(2-3-15-4-10-18(24)11-5-15)22-19(25)21-13-12-20-16-6-8-17(9-7-16)23(26)27/h4-11,14,20,24H,2-3,12-13H2,1H3,(H2,21,22,25). The molecule has 27 heavy (non-hydrogen) atoms. The first-order chi connectivity index (χ1) is 12.9. The molecule has 2 aromatic carbocycles. The summed E-state index contributed by atoms with van der Waals surface area (Å²) < 4.78 is 0. The number of amides is 2. The molecule has 0 heterocycles. The smallest absolute Gasteiger partial charge is 0.315 e. The van der Waals surface area contributed by atoms with Crippen LogP contribution in [0, 0.1) is 10.1 Å². The zero-order chi connectivity index (χ0) is 19.6. The van der Waals surface area contributed by atoms with Gasteiger partial charge in [0.25, 0.3) is 5.69 Å². The highest BCUT2D eigenvalue weighted by Crippen LogP contribution is 2.15. The summed E-state index contributed by atoms with van der Waals surface area (Å²) in [5.41, 5.74) is 1.90. The minimum Gasteiger partial charge on any atom is -0.508 e. The van der Waals surface area contributed by atoms with Crippen LogP contribution < -0.4 is 16.0 Å². The lowest BCUT2D eigenvalue weighted by atomic mass is 10.1. The maximum Gasteiger partial charge on any atom is 0.315 e. The lowest BCUT2D eigenvalue weighted by molar-refractivity contribution is -0.384. The van der Waals surface area contributed by atoms with E-state index in [2.05, 4.69) is 16.0 Å². The number of non-ortho nitro benzene ring substituents is 1. The number of carbonyl (C=O) groups is 1. The molecule has 0 aliphatic rings. The Morgan fingerprint density at radius 2 is 1.78 bits per heavy atom. The number of carbonyl (C=O) groups excluding carboxylic acids is 1. The zero-order valence-electron chi connectivity index (χ0n) is 15.1. The van der Waals surface area contributed by atoms with Crippen LogP contribution in [0.15, 0.2) is 48.5 Å². The van der Waals surface area contributed by atoms with Crippen LogP contribution in [0.25, 0.3) is 0 Å². The van der Waals surface area contributed by atoms with E-state index in [1.807, 2.05) is 19.1 Å². The Morgan fingerprint density at radius 3 is 2.41 bits per heavy atom. The summed E-state index contributed by atoms with van der Waals surface area (Å²) in [6, 6.07) is 12.9. The topological polar surface area (TPSA) is 117 Å². The van der Waals surface area contributed by atoms with Crippen molar-refractivity contribution in [3.8, 4) is 5.75 Å². The average molecular weight is 372 g/mol. The summed E-state index contributed by atoms with van der Waals surface area (Å²) in [5, 5.41) is 28.6. The van der Waals surface area contributed by atoms with E-state index in [-0.39, 0.29) is 23.5 Å². The maximum atomic E-state index is 11.9. The second-order valence-corrected chi connectivity index (χ2v) is 6.24. The second-order valence-electron chi connectivity index (χ2n) is 6.24. The maximum absolute atomic E-state index is 11.9. The molecule has 0 saturated heterocycles. The minimum absolute atomic E-state index is 0.0152. The van der Waals surface area contributed by atoms with Gasteiger partial charge in [-0.15, -0.1) is 0 Å². The van der Waals surface area contributed by atoms with Crippen LogP contribution in [0.2, 0.25) is 0 Å². The molecule has 144 valence electrons. The molecular formula is C19H24N4O4. The number of phenolic OH excluding ortho intramolecular Hbond substituents is 1. The number of aromatic hydroxyl groups is 1. The number of anilines is 1. The van der Waals surface area contributed by atoms with Gasteiger partial charge in [-0.1, -0.05) is 12.1 Å². The fraction of sp³-hybridized carbons (Fsp3) is 0.316. The number of nitrogens with one attached hydrogen (secondary N) is 3. The predicted octanol–water partition coefficient (Wildman–Crippen LogP) is 3.03. The number of hydrogen-bond acceptors (Lipinski definition) is 5. The third-order valence-electron chi connectivity index (χ3n) is 4.00. The summed E-state index contributed by atoms with van der Waals surface area (Å²) in [6.07, 6.45) is 1.60. The lowest BCUT2D eigenvalue weighted by Crippen LogP contribution is -2.42. The van der Waals surface area contributed by atoms with E-state index in [1.54, 1.807) is 24.3 Å². The van der Waals surface area contributed by atoms with Gasteiger partial charge in [-0.25, -0.2) is 4.79 Å². The summed E-state index contributed by atoms with van der Waals surface area (Å²) in [6.45, 7) is 2.87. The van der Waals surface area contributed by atoms with Gasteiger partial charge in [-0.05, 0) is 49.6 Å². The summed E-state index contributed by atoms with van der Waals surface area (Å²) >= 11 is 0. The molecule has 2 aromatic rings. The van der Waals surface area contributed by atoms with Crippen LogP contribution in [0.5, 0.6) is 5.75 Å². The molecule has 8 heteroatoms. The molecule has 0 saturated carbocycles. The van der Waals surface area contributed by atoms with Gasteiger partial charge in [0.05, 0.1) is 4.92 Å². The molecule has 0 aromatic heterocycles. The van der Waals surface area contributed by atoms with Crippen molar-refractivity contribution in [2.75, 3.05) is 18.4 Å². The van der Waals surface area contributed by atoms with Gasteiger partial charge in [-0.3, -0.25) is 10.1 Å². The molecular weight excluding hydrogens is 348 g/mol. The Bertz CT molecular complexity index is 747. The quantitative estimate of drug-likeness (QED) is 0.307. The molecule has 0 bridgehead atoms. The van der Waals surface area contributed by atoms with E-state index in [9.17, 15) is 20.0 Å². The van der Waals surface area contributed by atoms with E-state index in [4.69, 9.17) is 0 Å². The summed E-state index contributed by atoms with van der Waals surface area (Å²) in [4.78, 5) is 22.0. The van der Waals surface area contributed by atoms with E-state index in [1.165, 1.54) is 12.1 Å². The molecule has 2 rings (SSSR count). The second kappa shape index (κ2) is 10.0. The normalized spacial score (nSPS) is 11.4.